The Hall–Kier alpha value is -4.90. The van der Waals surface area contributed by atoms with Crippen molar-refractivity contribution in [3.8, 4) is 11.5 Å². The van der Waals surface area contributed by atoms with Crippen LogP contribution in [0, 0.1) is 11.6 Å². The molecule has 196 valence electrons. The van der Waals surface area contributed by atoms with Gasteiger partial charge in [0.2, 0.25) is 0 Å². The number of hydrogen-bond acceptors (Lipinski definition) is 2. The molecule has 1 unspecified atom stereocenters. The van der Waals surface area contributed by atoms with Crippen LogP contribution in [0.5, 0.6) is 11.5 Å². The van der Waals surface area contributed by atoms with Gasteiger partial charge >= 0.3 is 0 Å². The predicted molar refractivity (Wildman–Crippen MR) is 152 cm³/mol. The molecule has 5 heteroatoms. The first kappa shape index (κ1) is 24.2. The molecule has 1 atom stereocenters. The Morgan fingerprint density at radius 2 is 1.43 bits per heavy atom. The Morgan fingerprint density at radius 3 is 2.08 bits per heavy atom. The number of benzene rings is 5. The zero-order chi connectivity index (χ0) is 27.4. The third-order valence-corrected chi connectivity index (χ3v) is 8.12. The highest BCUT2D eigenvalue weighted by molar-refractivity contribution is 5.90. The summed E-state index contributed by atoms with van der Waals surface area (Å²) < 4.78 is 35.4. The second kappa shape index (κ2) is 9.09. The van der Waals surface area contributed by atoms with Crippen molar-refractivity contribution in [1.29, 1.82) is 0 Å². The number of aromatic amines is 1. The number of fused-ring (bicyclic) bond motifs is 4. The minimum absolute atomic E-state index is 0.118. The summed E-state index contributed by atoms with van der Waals surface area (Å²) in [5.74, 6) is -0.182. The molecule has 0 spiro atoms. The van der Waals surface area contributed by atoms with E-state index in [9.17, 15) is 13.9 Å². The first-order valence-electron chi connectivity index (χ1n) is 13.1. The summed E-state index contributed by atoms with van der Waals surface area (Å²) in [6.45, 7) is 0. The molecule has 7 rings (SSSR count). The van der Waals surface area contributed by atoms with Crippen LogP contribution in [0.3, 0.4) is 0 Å². The van der Waals surface area contributed by atoms with Crippen molar-refractivity contribution in [1.82, 2.24) is 4.98 Å². The lowest BCUT2D eigenvalue weighted by Crippen LogP contribution is -2.38. The number of rotatable bonds is 4. The van der Waals surface area contributed by atoms with Gasteiger partial charge in [-0.15, -0.1) is 0 Å². The minimum atomic E-state index is -1.09. The number of aromatic hydroxyl groups is 1. The number of phenolic OH excluding ortho intramolecular Hbond substituents is 1. The van der Waals surface area contributed by atoms with E-state index in [0.29, 0.717) is 11.1 Å². The zero-order valence-electron chi connectivity index (χ0n) is 21.7. The van der Waals surface area contributed by atoms with Crippen LogP contribution in [-0.4, -0.2) is 17.2 Å². The van der Waals surface area contributed by atoms with Crippen molar-refractivity contribution in [2.24, 2.45) is 0 Å². The van der Waals surface area contributed by atoms with E-state index < -0.39 is 5.41 Å². The molecule has 6 aromatic rings. The molecular weight excluding hydrogens is 504 g/mol. The fourth-order valence-electron chi connectivity index (χ4n) is 6.53. The molecule has 1 heterocycles. The second-order valence-corrected chi connectivity index (χ2v) is 10.2. The van der Waals surface area contributed by atoms with E-state index in [-0.39, 0.29) is 23.3 Å². The summed E-state index contributed by atoms with van der Waals surface area (Å²) in [7, 11) is 1.63. The van der Waals surface area contributed by atoms with Gasteiger partial charge in [-0.1, -0.05) is 60.7 Å². The molecule has 0 fully saturated rings. The highest BCUT2D eigenvalue weighted by Gasteiger charge is 2.49. The summed E-state index contributed by atoms with van der Waals surface area (Å²) in [5, 5.41) is 11.8. The number of para-hydroxylation sites is 1. The van der Waals surface area contributed by atoms with Crippen LogP contribution in [-0.2, 0) is 5.41 Å². The maximum atomic E-state index is 15.0. The van der Waals surface area contributed by atoms with Crippen LogP contribution in [0.4, 0.5) is 8.78 Å². The number of ether oxygens (including phenoxy) is 1. The van der Waals surface area contributed by atoms with Gasteiger partial charge in [-0.3, -0.25) is 0 Å². The van der Waals surface area contributed by atoms with Crippen LogP contribution in [0.2, 0.25) is 0 Å². The van der Waals surface area contributed by atoms with Crippen molar-refractivity contribution in [3.63, 3.8) is 0 Å². The van der Waals surface area contributed by atoms with Gasteiger partial charge in [0.1, 0.15) is 23.1 Å². The SMILES string of the molecule is COc1ccc(C2c3cc(O)ccc3C(c3cccc(F)c3)(c3cccc(F)c3)c3[nH]c4ccccc4c32)cc1. The maximum Gasteiger partial charge on any atom is 0.123 e. The van der Waals surface area contributed by atoms with Gasteiger partial charge in [-0.25, -0.2) is 8.78 Å². The third kappa shape index (κ3) is 3.47. The van der Waals surface area contributed by atoms with Crippen molar-refractivity contribution in [2.75, 3.05) is 7.11 Å². The first-order chi connectivity index (χ1) is 19.5. The van der Waals surface area contributed by atoms with E-state index in [0.717, 1.165) is 44.6 Å². The highest BCUT2D eigenvalue weighted by atomic mass is 19.1. The lowest BCUT2D eigenvalue weighted by atomic mass is 9.58. The maximum absolute atomic E-state index is 15.0. The van der Waals surface area contributed by atoms with Gasteiger partial charge in [0.25, 0.3) is 0 Å². The summed E-state index contributed by atoms with van der Waals surface area (Å²) in [4.78, 5) is 3.69. The Bertz CT molecular complexity index is 1850. The van der Waals surface area contributed by atoms with E-state index in [1.807, 2.05) is 60.7 Å². The Balaban J connectivity index is 1.69. The minimum Gasteiger partial charge on any atom is -0.508 e. The fraction of sp³-hybridized carbons (Fsp3) is 0.0857. The van der Waals surface area contributed by atoms with Crippen LogP contribution in [0.15, 0.2) is 115 Å². The molecule has 0 aliphatic heterocycles. The topological polar surface area (TPSA) is 45.2 Å². The quantitative estimate of drug-likeness (QED) is 0.242. The number of aromatic nitrogens is 1. The van der Waals surface area contributed by atoms with Gasteiger partial charge in [0, 0.05) is 22.5 Å². The number of phenols is 1. The van der Waals surface area contributed by atoms with E-state index in [1.165, 1.54) is 24.3 Å². The van der Waals surface area contributed by atoms with Crippen LogP contribution in [0.1, 0.15) is 45.0 Å². The number of methoxy groups -OCH3 is 1. The number of halogens is 2. The number of hydrogen-bond donors (Lipinski definition) is 2. The molecule has 5 aromatic carbocycles. The van der Waals surface area contributed by atoms with Gasteiger partial charge < -0.3 is 14.8 Å². The summed E-state index contributed by atoms with van der Waals surface area (Å²) in [5.41, 5.74) is 5.67. The Kier molecular flexibility index (Phi) is 5.49. The summed E-state index contributed by atoms with van der Waals surface area (Å²) >= 11 is 0. The van der Waals surface area contributed by atoms with E-state index >= 15 is 0 Å². The predicted octanol–water partition coefficient (Wildman–Crippen LogP) is 8.04. The molecule has 40 heavy (non-hydrogen) atoms. The molecule has 3 nitrogen and oxygen atoms in total. The lowest BCUT2D eigenvalue weighted by Gasteiger charge is -2.43. The molecule has 0 amide bonds. The van der Waals surface area contributed by atoms with E-state index in [1.54, 1.807) is 31.4 Å². The Morgan fingerprint density at radius 1 is 0.750 bits per heavy atom. The molecule has 1 aliphatic rings. The van der Waals surface area contributed by atoms with Crippen molar-refractivity contribution in [3.05, 3.63) is 166 Å². The first-order valence-corrected chi connectivity index (χ1v) is 13.1. The van der Waals surface area contributed by atoms with Gasteiger partial charge in [0.05, 0.1) is 12.5 Å². The number of H-pyrrole nitrogens is 1. The van der Waals surface area contributed by atoms with Gasteiger partial charge in [-0.2, -0.15) is 0 Å². The third-order valence-electron chi connectivity index (χ3n) is 8.12. The average molecular weight is 530 g/mol. The molecule has 1 aliphatic carbocycles. The van der Waals surface area contributed by atoms with E-state index in [4.69, 9.17) is 4.74 Å². The number of nitrogens with one attached hydrogen (secondary N) is 1. The Labute approximate surface area is 230 Å². The molecule has 2 N–H and O–H groups in total. The molecule has 1 aromatic heterocycles. The van der Waals surface area contributed by atoms with Gasteiger partial charge in [-0.05, 0) is 88.0 Å². The normalized spacial score (nSPS) is 15.4. The monoisotopic (exact) mass is 529 g/mol. The highest BCUT2D eigenvalue weighted by Crippen LogP contribution is 2.57. The second-order valence-electron chi connectivity index (χ2n) is 10.2. The zero-order valence-corrected chi connectivity index (χ0v) is 21.7. The molecule has 0 saturated carbocycles. The van der Waals surface area contributed by atoms with Crippen molar-refractivity contribution in [2.45, 2.75) is 11.3 Å². The fourth-order valence-corrected chi connectivity index (χ4v) is 6.53. The van der Waals surface area contributed by atoms with Gasteiger partial charge in [0.15, 0.2) is 0 Å². The molecule has 0 saturated heterocycles. The standard InChI is InChI=1S/C35H25F2NO2/c1-40-27-15-12-21(13-16-27)32-29-20-26(39)14-17-30(29)35(22-6-4-8-24(36)18-22,23-7-5-9-25(37)19-23)34-33(32)28-10-2-3-11-31(28)38-34/h2-20,32,38-39H,1H3. The van der Waals surface area contributed by atoms with Crippen LogP contribution < -0.4 is 4.74 Å². The molecule has 0 radical (unpaired) electrons. The largest absolute Gasteiger partial charge is 0.508 e. The summed E-state index contributed by atoms with van der Waals surface area (Å²) in [6, 6.07) is 34.2. The smallest absolute Gasteiger partial charge is 0.123 e. The van der Waals surface area contributed by atoms with Crippen LogP contribution in [0.25, 0.3) is 10.9 Å². The summed E-state index contributed by atoms with van der Waals surface area (Å²) in [6.07, 6.45) is 0. The average Bonchev–Trinajstić information content (AvgIpc) is 3.35. The molecular formula is C35H25F2NO2. The van der Waals surface area contributed by atoms with E-state index in [2.05, 4.69) is 11.1 Å². The van der Waals surface area contributed by atoms with Crippen molar-refractivity contribution >= 4 is 10.9 Å². The molecule has 0 bridgehead atoms. The lowest BCUT2D eigenvalue weighted by molar-refractivity contribution is 0.414. The van der Waals surface area contributed by atoms with Crippen LogP contribution >= 0.6 is 0 Å². The van der Waals surface area contributed by atoms with Crippen molar-refractivity contribution < 1.29 is 18.6 Å².